The van der Waals surface area contributed by atoms with Gasteiger partial charge in [0.15, 0.2) is 11.0 Å². The summed E-state index contributed by atoms with van der Waals surface area (Å²) in [6, 6.07) is 5.94. The lowest BCUT2D eigenvalue weighted by Gasteiger charge is -2.06. The summed E-state index contributed by atoms with van der Waals surface area (Å²) in [5, 5.41) is 1.98. The highest BCUT2D eigenvalue weighted by molar-refractivity contribution is 7.93. The largest absolute Gasteiger partial charge is 0.480 e. The van der Waals surface area contributed by atoms with Crippen LogP contribution in [0.5, 0.6) is 5.88 Å². The number of ether oxygens (including phenoxy) is 1. The fourth-order valence-corrected chi connectivity index (χ4v) is 3.70. The third kappa shape index (κ3) is 4.13. The lowest BCUT2D eigenvalue weighted by Crippen LogP contribution is -2.15. The number of amidine groups is 1. The highest BCUT2D eigenvalue weighted by Gasteiger charge is 2.15. The van der Waals surface area contributed by atoms with Crippen LogP contribution in [0.2, 0.25) is 0 Å². The Hall–Kier alpha value is -3.05. The fourth-order valence-electron chi connectivity index (χ4n) is 1.91. The maximum atomic E-state index is 12.3. The van der Waals surface area contributed by atoms with Crippen LogP contribution in [0.15, 0.2) is 58.1 Å². The van der Waals surface area contributed by atoms with Crippen molar-refractivity contribution in [1.29, 1.82) is 0 Å². The molecule has 3 aromatic rings. The first-order valence-electron chi connectivity index (χ1n) is 7.21. The summed E-state index contributed by atoms with van der Waals surface area (Å²) >= 11 is 1.19. The number of nitrogens with zero attached hydrogens (tertiary/aromatic N) is 4. The van der Waals surface area contributed by atoms with Gasteiger partial charge in [0.1, 0.15) is 5.69 Å². The number of nitrogens with two attached hydrogens (primary N) is 1. The smallest absolute Gasteiger partial charge is 0.263 e. The monoisotopic (exact) mass is 390 g/mol. The van der Waals surface area contributed by atoms with Crippen LogP contribution >= 0.6 is 11.3 Å². The van der Waals surface area contributed by atoms with Gasteiger partial charge < -0.3 is 10.5 Å². The Balaban J connectivity index is 1.80. The van der Waals surface area contributed by atoms with E-state index in [1.807, 2.05) is 0 Å². The van der Waals surface area contributed by atoms with Gasteiger partial charge in [0, 0.05) is 11.6 Å². The van der Waals surface area contributed by atoms with Gasteiger partial charge >= 0.3 is 0 Å². The SMILES string of the molecule is COc1cncc(C(N)=Nc2ccc(S(=O)(=O)Nc3nccs3)cc2)n1. The topological polar surface area (TPSA) is 132 Å². The van der Waals surface area contributed by atoms with E-state index in [1.165, 1.54) is 61.3 Å². The average molecular weight is 390 g/mol. The van der Waals surface area contributed by atoms with Crippen LogP contribution in [-0.4, -0.2) is 36.3 Å². The molecule has 3 rings (SSSR count). The van der Waals surface area contributed by atoms with Crippen molar-refractivity contribution in [3.05, 3.63) is 53.9 Å². The van der Waals surface area contributed by atoms with Crippen LogP contribution in [0.3, 0.4) is 0 Å². The van der Waals surface area contributed by atoms with Gasteiger partial charge in [-0.25, -0.2) is 23.4 Å². The molecule has 9 nitrogen and oxygen atoms in total. The van der Waals surface area contributed by atoms with E-state index in [2.05, 4.69) is 24.7 Å². The van der Waals surface area contributed by atoms with Crippen molar-refractivity contribution in [3.8, 4) is 5.88 Å². The van der Waals surface area contributed by atoms with E-state index in [9.17, 15) is 8.42 Å². The number of anilines is 1. The van der Waals surface area contributed by atoms with Gasteiger partial charge in [-0.05, 0) is 24.3 Å². The Morgan fingerprint density at radius 1 is 1.27 bits per heavy atom. The number of nitrogens with one attached hydrogen (secondary N) is 1. The van der Waals surface area contributed by atoms with Crippen molar-refractivity contribution < 1.29 is 13.2 Å². The third-order valence-electron chi connectivity index (χ3n) is 3.13. The molecule has 134 valence electrons. The van der Waals surface area contributed by atoms with E-state index >= 15 is 0 Å². The molecule has 0 atom stereocenters. The van der Waals surface area contributed by atoms with Gasteiger partial charge in [-0.3, -0.25) is 9.71 Å². The Labute approximate surface area is 153 Å². The van der Waals surface area contributed by atoms with Crippen LogP contribution in [0.1, 0.15) is 5.69 Å². The summed E-state index contributed by atoms with van der Waals surface area (Å²) in [5.41, 5.74) is 6.75. The van der Waals surface area contributed by atoms with E-state index < -0.39 is 10.0 Å². The molecule has 0 aliphatic carbocycles. The number of hydrogen-bond donors (Lipinski definition) is 2. The van der Waals surface area contributed by atoms with E-state index in [1.54, 1.807) is 5.38 Å². The molecule has 3 N–H and O–H groups in total. The molecule has 0 spiro atoms. The summed E-state index contributed by atoms with van der Waals surface area (Å²) in [4.78, 5) is 16.3. The second-order valence-corrected chi connectivity index (χ2v) is 7.46. The predicted octanol–water partition coefficient (Wildman–Crippen LogP) is 1.78. The van der Waals surface area contributed by atoms with E-state index in [0.29, 0.717) is 22.4 Å². The molecular weight excluding hydrogens is 376 g/mol. The molecule has 0 bridgehead atoms. The first kappa shape index (κ1) is 17.8. The molecule has 0 unspecified atom stereocenters. The predicted molar refractivity (Wildman–Crippen MR) is 98.3 cm³/mol. The normalized spacial score (nSPS) is 12.0. The number of aliphatic imine (C=N–C) groups is 1. The highest BCUT2D eigenvalue weighted by atomic mass is 32.2. The fraction of sp³-hybridized carbons (Fsp3) is 0.0667. The molecule has 1 aromatic carbocycles. The molecular formula is C15H14N6O3S2. The first-order chi connectivity index (χ1) is 12.5. The first-order valence-corrected chi connectivity index (χ1v) is 9.57. The lowest BCUT2D eigenvalue weighted by atomic mass is 10.3. The standard InChI is InChI=1S/C15H14N6O3S2/c1-24-13-9-17-8-12(20-13)14(16)19-10-2-4-11(5-3-10)26(22,23)21-15-18-6-7-25-15/h2-9H,1H3,(H2,16,19)(H,18,21). The zero-order chi connectivity index (χ0) is 18.6. The summed E-state index contributed by atoms with van der Waals surface area (Å²) in [5.74, 6) is 0.447. The number of rotatable bonds is 6. The van der Waals surface area contributed by atoms with Crippen molar-refractivity contribution in [2.75, 3.05) is 11.8 Å². The molecule has 2 aromatic heterocycles. The van der Waals surface area contributed by atoms with Crippen molar-refractivity contribution in [1.82, 2.24) is 15.0 Å². The number of sulfonamides is 1. The third-order valence-corrected chi connectivity index (χ3v) is 5.31. The summed E-state index contributed by atoms with van der Waals surface area (Å²) < 4.78 is 32.0. The van der Waals surface area contributed by atoms with Crippen molar-refractivity contribution in [3.63, 3.8) is 0 Å². The van der Waals surface area contributed by atoms with Gasteiger partial charge in [0.25, 0.3) is 10.0 Å². The molecule has 0 fully saturated rings. The minimum Gasteiger partial charge on any atom is -0.480 e. The molecule has 2 heterocycles. The van der Waals surface area contributed by atoms with Crippen LogP contribution in [0, 0.1) is 0 Å². The maximum Gasteiger partial charge on any atom is 0.263 e. The number of aromatic nitrogens is 3. The van der Waals surface area contributed by atoms with E-state index in [0.717, 1.165) is 0 Å². The number of thiazole rings is 1. The van der Waals surface area contributed by atoms with Gasteiger partial charge in [0.05, 0.1) is 30.1 Å². The van der Waals surface area contributed by atoms with Gasteiger partial charge in [0.2, 0.25) is 5.88 Å². The average Bonchev–Trinajstić information content (AvgIpc) is 3.14. The minimum absolute atomic E-state index is 0.0893. The zero-order valence-electron chi connectivity index (χ0n) is 13.5. The summed E-state index contributed by atoms with van der Waals surface area (Å²) in [6.45, 7) is 0. The second kappa shape index (κ2) is 7.45. The number of hydrogen-bond acceptors (Lipinski definition) is 8. The van der Waals surface area contributed by atoms with Gasteiger partial charge in [-0.15, -0.1) is 11.3 Å². The molecule has 26 heavy (non-hydrogen) atoms. The van der Waals surface area contributed by atoms with Gasteiger partial charge in [-0.2, -0.15) is 0 Å². The van der Waals surface area contributed by atoms with Crippen LogP contribution in [0.4, 0.5) is 10.8 Å². The number of methoxy groups -OCH3 is 1. The Bertz CT molecular complexity index is 1020. The van der Waals surface area contributed by atoms with Crippen LogP contribution in [0.25, 0.3) is 0 Å². The van der Waals surface area contributed by atoms with E-state index in [4.69, 9.17) is 10.5 Å². The molecule has 0 amide bonds. The minimum atomic E-state index is -3.71. The molecule has 11 heteroatoms. The Kier molecular flexibility index (Phi) is 5.09. The molecule has 0 saturated heterocycles. The molecule has 0 saturated carbocycles. The second-order valence-electron chi connectivity index (χ2n) is 4.88. The molecule has 0 aliphatic rings. The highest BCUT2D eigenvalue weighted by Crippen LogP contribution is 2.21. The lowest BCUT2D eigenvalue weighted by molar-refractivity contribution is 0.395. The summed E-state index contributed by atoms with van der Waals surface area (Å²) in [7, 11) is -2.24. The number of benzene rings is 1. The summed E-state index contributed by atoms with van der Waals surface area (Å²) in [6.07, 6.45) is 4.43. The van der Waals surface area contributed by atoms with Crippen LogP contribution < -0.4 is 15.2 Å². The Morgan fingerprint density at radius 3 is 2.69 bits per heavy atom. The van der Waals surface area contributed by atoms with Crippen molar-refractivity contribution in [2.24, 2.45) is 10.7 Å². The van der Waals surface area contributed by atoms with Crippen LogP contribution in [-0.2, 0) is 10.0 Å². The Morgan fingerprint density at radius 2 is 2.04 bits per heavy atom. The maximum absolute atomic E-state index is 12.3. The van der Waals surface area contributed by atoms with Crippen molar-refractivity contribution >= 4 is 38.0 Å². The van der Waals surface area contributed by atoms with E-state index in [-0.39, 0.29) is 10.7 Å². The molecule has 0 aliphatic heterocycles. The van der Waals surface area contributed by atoms with Gasteiger partial charge in [-0.1, -0.05) is 0 Å². The quantitative estimate of drug-likeness (QED) is 0.484. The molecule has 0 radical (unpaired) electrons. The zero-order valence-corrected chi connectivity index (χ0v) is 15.2. The van der Waals surface area contributed by atoms with Crippen molar-refractivity contribution in [2.45, 2.75) is 4.90 Å².